The quantitative estimate of drug-likeness (QED) is 0.249. The van der Waals surface area contributed by atoms with Gasteiger partial charge in [-0.05, 0) is 30.9 Å². The summed E-state index contributed by atoms with van der Waals surface area (Å²) in [6.45, 7) is 0. The van der Waals surface area contributed by atoms with Crippen LogP contribution < -0.4 is 56.7 Å². The van der Waals surface area contributed by atoms with Gasteiger partial charge in [0.15, 0.2) is 0 Å². The maximum absolute atomic E-state index is 11.8. The molecule has 0 aromatic heterocycles. The molecule has 2 aliphatic heterocycles. The van der Waals surface area contributed by atoms with Gasteiger partial charge in [-0.2, -0.15) is 0 Å². The largest absolute Gasteiger partial charge is 1.00 e. The fraction of sp³-hybridized carbons (Fsp3) is 0.333. The first kappa shape index (κ1) is 27.1. The molecule has 6 nitrogen and oxygen atoms in total. The van der Waals surface area contributed by atoms with Crippen molar-refractivity contribution < 1.29 is 70.6 Å². The summed E-state index contributed by atoms with van der Waals surface area (Å²) in [6, 6.07) is 12.2. The number of nitrogens with one attached hydrogen (secondary N) is 1. The van der Waals surface area contributed by atoms with Gasteiger partial charge in [0.1, 0.15) is 0 Å². The topological polar surface area (TPSA) is 94.4 Å². The number of aryl methyl sites for hydroxylation is 1. The number of hydrogen-bond donors (Lipinski definition) is 1. The van der Waals surface area contributed by atoms with Crippen molar-refractivity contribution in [1.82, 2.24) is 5.32 Å². The van der Waals surface area contributed by atoms with Crippen LogP contribution in [0.2, 0.25) is 0 Å². The molecule has 0 radical (unpaired) electrons. The van der Waals surface area contributed by atoms with Crippen LogP contribution in [0.1, 0.15) is 85.5 Å². The zero-order valence-electron chi connectivity index (χ0n) is 18.2. The summed E-state index contributed by atoms with van der Waals surface area (Å²) in [4.78, 5) is 45.1. The van der Waals surface area contributed by atoms with E-state index in [4.69, 9.17) is 0 Å². The van der Waals surface area contributed by atoms with Crippen LogP contribution in [0.25, 0.3) is 5.32 Å². The summed E-state index contributed by atoms with van der Waals surface area (Å²) in [5, 5.41) is 6.73. The zero-order valence-corrected chi connectivity index (χ0v) is 22.9. The van der Waals surface area contributed by atoms with E-state index in [9.17, 15) is 19.2 Å². The fourth-order valence-corrected chi connectivity index (χ4v) is 4.08. The summed E-state index contributed by atoms with van der Waals surface area (Å²) in [5.74, 6) is -1.35. The van der Waals surface area contributed by atoms with E-state index < -0.39 is 11.8 Å². The molecule has 0 saturated carbocycles. The van der Waals surface area contributed by atoms with Crippen LogP contribution >= 0.6 is 15.9 Å². The maximum atomic E-state index is 11.8. The second-order valence-corrected chi connectivity index (χ2v) is 8.24. The molecular formula is C24H24BrKN2O4. The van der Waals surface area contributed by atoms with Crippen molar-refractivity contribution >= 4 is 39.6 Å². The van der Waals surface area contributed by atoms with Gasteiger partial charge < -0.3 is 14.9 Å². The number of hydrogen-bond acceptors (Lipinski definition) is 4. The van der Waals surface area contributed by atoms with Gasteiger partial charge in [0, 0.05) is 16.5 Å². The van der Waals surface area contributed by atoms with Gasteiger partial charge in [-0.1, -0.05) is 78.0 Å². The molecule has 162 valence electrons. The number of benzene rings is 2. The van der Waals surface area contributed by atoms with Crippen molar-refractivity contribution in [3.8, 4) is 0 Å². The molecule has 2 aromatic carbocycles. The van der Waals surface area contributed by atoms with Crippen LogP contribution in [0, 0.1) is 0 Å². The molecule has 4 amide bonds. The van der Waals surface area contributed by atoms with Gasteiger partial charge >= 0.3 is 51.4 Å². The Bertz CT molecular complexity index is 976. The standard InChI is InChI=1S/C16H20BrNO2.C8H5NO2.K/c17-11-6-4-2-1-3-5-8-12-9-7-10-13-14(12)16(20)18-15(13)19;10-7-5-3-1-2-4-6(5)8(11)9-7;/h7,9-10H,1-6,8,11H2,(H,18,19,20);1-4H,(H,9,10,11);/q;;+1/p-1. The van der Waals surface area contributed by atoms with Gasteiger partial charge in [-0.25, -0.2) is 0 Å². The number of nitrogens with zero attached hydrogens (tertiary/aromatic N) is 1. The van der Waals surface area contributed by atoms with Crippen molar-refractivity contribution in [3.63, 3.8) is 0 Å². The number of carbonyl (C=O) groups excluding carboxylic acids is 4. The van der Waals surface area contributed by atoms with Gasteiger partial charge in [-0.15, -0.1) is 0 Å². The Hall–Kier alpha value is -1.16. The first-order chi connectivity index (χ1) is 15.0. The smallest absolute Gasteiger partial charge is 0.587 e. The van der Waals surface area contributed by atoms with Crippen LogP contribution in [0.4, 0.5) is 0 Å². The summed E-state index contributed by atoms with van der Waals surface area (Å²) < 4.78 is 0. The molecule has 0 saturated heterocycles. The first-order valence-electron chi connectivity index (χ1n) is 10.5. The first-order valence-corrected chi connectivity index (χ1v) is 11.6. The summed E-state index contributed by atoms with van der Waals surface area (Å²) in [5.41, 5.74) is 2.96. The number of imide groups is 2. The Balaban J connectivity index is 0.000000255. The Labute approximate surface area is 238 Å². The molecule has 32 heavy (non-hydrogen) atoms. The molecule has 0 atom stereocenters. The van der Waals surface area contributed by atoms with Crippen molar-refractivity contribution in [2.24, 2.45) is 0 Å². The van der Waals surface area contributed by atoms with Crippen LogP contribution in [0.15, 0.2) is 42.5 Å². The number of amides is 4. The van der Waals surface area contributed by atoms with E-state index in [-0.39, 0.29) is 63.2 Å². The van der Waals surface area contributed by atoms with Crippen LogP contribution in [-0.2, 0) is 6.42 Å². The minimum Gasteiger partial charge on any atom is -0.587 e. The minimum atomic E-state index is -0.425. The predicted octanol–water partition coefficient (Wildman–Crippen LogP) is 2.21. The van der Waals surface area contributed by atoms with Crippen LogP contribution in [0.5, 0.6) is 0 Å². The molecule has 0 fully saturated rings. The molecule has 2 aliphatic rings. The predicted molar refractivity (Wildman–Crippen MR) is 122 cm³/mol. The van der Waals surface area contributed by atoms with Crippen LogP contribution in [0.3, 0.4) is 0 Å². The average molecular weight is 523 g/mol. The third-order valence-corrected chi connectivity index (χ3v) is 5.83. The molecule has 2 heterocycles. The fourth-order valence-electron chi connectivity index (χ4n) is 3.68. The Morgan fingerprint density at radius 1 is 0.688 bits per heavy atom. The second kappa shape index (κ2) is 13.5. The summed E-state index contributed by atoms with van der Waals surface area (Å²) in [7, 11) is 0. The van der Waals surface area contributed by atoms with E-state index in [1.165, 1.54) is 32.1 Å². The van der Waals surface area contributed by atoms with Gasteiger partial charge in [0.2, 0.25) is 0 Å². The van der Waals surface area contributed by atoms with E-state index in [1.807, 2.05) is 12.1 Å². The van der Waals surface area contributed by atoms with E-state index >= 15 is 0 Å². The van der Waals surface area contributed by atoms with Crippen LogP contribution in [-0.4, -0.2) is 29.0 Å². The van der Waals surface area contributed by atoms with Gasteiger partial charge in [-0.3, -0.25) is 14.9 Å². The molecule has 0 bridgehead atoms. The minimum absolute atomic E-state index is 0. The molecule has 1 N–H and O–H groups in total. The van der Waals surface area contributed by atoms with E-state index in [0.29, 0.717) is 22.3 Å². The SMILES string of the molecule is O=C1NC(=O)c2c(CCCCCCCCBr)cccc21.O=C1[N-]C(=O)c2ccccc21.[K+]. The van der Waals surface area contributed by atoms with E-state index in [1.54, 1.807) is 30.3 Å². The number of fused-ring (bicyclic) bond motifs is 2. The number of halogens is 1. The molecule has 8 heteroatoms. The monoisotopic (exact) mass is 522 g/mol. The van der Waals surface area contributed by atoms with E-state index in [2.05, 4.69) is 26.6 Å². The Kier molecular flexibility index (Phi) is 11.4. The maximum Gasteiger partial charge on any atom is 1.00 e. The van der Waals surface area contributed by atoms with Crippen molar-refractivity contribution in [2.45, 2.75) is 44.9 Å². The molecule has 0 aliphatic carbocycles. The second-order valence-electron chi connectivity index (χ2n) is 7.45. The molecule has 0 unspecified atom stereocenters. The molecule has 2 aromatic rings. The molecular weight excluding hydrogens is 499 g/mol. The summed E-state index contributed by atoms with van der Waals surface area (Å²) in [6.07, 6.45) is 8.18. The number of alkyl halides is 1. The summed E-state index contributed by atoms with van der Waals surface area (Å²) >= 11 is 3.44. The van der Waals surface area contributed by atoms with Crippen molar-refractivity contribution in [1.29, 1.82) is 0 Å². The molecule has 0 spiro atoms. The Morgan fingerprint density at radius 2 is 1.25 bits per heavy atom. The Morgan fingerprint density at radius 3 is 1.88 bits per heavy atom. The van der Waals surface area contributed by atoms with Crippen molar-refractivity contribution in [3.05, 3.63) is 75.6 Å². The van der Waals surface area contributed by atoms with E-state index in [0.717, 1.165) is 23.7 Å². The molecule has 4 rings (SSSR count). The van der Waals surface area contributed by atoms with Gasteiger partial charge in [0.05, 0.1) is 22.9 Å². The average Bonchev–Trinajstić information content (AvgIpc) is 3.23. The normalized spacial score (nSPS) is 13.4. The number of unbranched alkanes of at least 4 members (excludes halogenated alkanes) is 5. The van der Waals surface area contributed by atoms with Crippen molar-refractivity contribution in [2.75, 3.05) is 5.33 Å². The zero-order chi connectivity index (χ0) is 22.2. The third-order valence-electron chi connectivity index (χ3n) is 5.27. The van der Waals surface area contributed by atoms with Gasteiger partial charge in [0.25, 0.3) is 11.8 Å². The number of carbonyl (C=O) groups is 4. The number of rotatable bonds is 8. The third kappa shape index (κ3) is 6.92.